The number of aryl methyl sites for hydroxylation is 1. The highest BCUT2D eigenvalue weighted by Crippen LogP contribution is 2.14. The van der Waals surface area contributed by atoms with Crippen LogP contribution in [0.15, 0.2) is 134 Å². The molecular formula is C32H27NSi. The third kappa shape index (κ3) is 4.16. The molecule has 1 nitrogen and oxygen atoms in total. The lowest BCUT2D eigenvalue weighted by Gasteiger charge is -2.35. The second kappa shape index (κ2) is 9.86. The minimum absolute atomic E-state index is 0.976. The van der Waals surface area contributed by atoms with Crippen molar-refractivity contribution in [1.82, 2.24) is 4.98 Å². The zero-order valence-corrected chi connectivity index (χ0v) is 20.3. The van der Waals surface area contributed by atoms with E-state index in [0.717, 1.165) is 5.69 Å². The SMILES string of the molecule is Cc1cnc(C=Cc2ccccc2)cc1[Si](c1ccccc1)(c1ccccc1)c1ccccc1. The molecule has 2 heteroatoms. The second-order valence-electron chi connectivity index (χ2n) is 8.52. The summed E-state index contributed by atoms with van der Waals surface area (Å²) < 4.78 is 0. The van der Waals surface area contributed by atoms with Gasteiger partial charge in [-0.3, -0.25) is 4.98 Å². The summed E-state index contributed by atoms with van der Waals surface area (Å²) in [5.41, 5.74) is 3.37. The smallest absolute Gasteiger partial charge is 0.180 e. The minimum Gasteiger partial charge on any atom is -0.257 e. The minimum atomic E-state index is -2.56. The van der Waals surface area contributed by atoms with E-state index in [0.29, 0.717) is 0 Å². The molecule has 0 N–H and O–H groups in total. The number of hydrogen-bond donors (Lipinski definition) is 0. The van der Waals surface area contributed by atoms with Crippen molar-refractivity contribution < 1.29 is 0 Å². The lowest BCUT2D eigenvalue weighted by atomic mass is 10.2. The fourth-order valence-electron chi connectivity index (χ4n) is 4.81. The summed E-state index contributed by atoms with van der Waals surface area (Å²) in [5, 5.41) is 5.50. The van der Waals surface area contributed by atoms with E-state index in [1.807, 2.05) is 12.3 Å². The van der Waals surface area contributed by atoms with E-state index in [1.54, 1.807) is 0 Å². The van der Waals surface area contributed by atoms with Gasteiger partial charge in [0.25, 0.3) is 0 Å². The molecular weight excluding hydrogens is 426 g/mol. The molecule has 0 aliphatic heterocycles. The molecule has 5 aromatic rings. The fraction of sp³-hybridized carbons (Fsp3) is 0.0312. The van der Waals surface area contributed by atoms with Crippen molar-refractivity contribution in [3.8, 4) is 0 Å². The molecule has 5 rings (SSSR count). The molecule has 0 aliphatic rings. The van der Waals surface area contributed by atoms with Crippen LogP contribution >= 0.6 is 0 Å². The van der Waals surface area contributed by atoms with Crippen LogP contribution in [0.2, 0.25) is 0 Å². The number of aromatic nitrogens is 1. The van der Waals surface area contributed by atoms with Gasteiger partial charge in [-0.05, 0) is 50.9 Å². The van der Waals surface area contributed by atoms with Crippen LogP contribution in [0.4, 0.5) is 0 Å². The second-order valence-corrected chi connectivity index (χ2v) is 12.3. The normalized spacial score (nSPS) is 11.6. The van der Waals surface area contributed by atoms with Crippen LogP contribution in [-0.2, 0) is 0 Å². The van der Waals surface area contributed by atoms with Crippen LogP contribution in [0.3, 0.4) is 0 Å². The Kier molecular flexibility index (Phi) is 6.33. The molecule has 0 radical (unpaired) electrons. The molecule has 0 spiro atoms. The predicted molar refractivity (Wildman–Crippen MR) is 148 cm³/mol. The van der Waals surface area contributed by atoms with Crippen molar-refractivity contribution in [3.05, 3.63) is 150 Å². The van der Waals surface area contributed by atoms with Gasteiger partial charge >= 0.3 is 0 Å². The molecule has 0 fully saturated rings. The molecule has 164 valence electrons. The summed E-state index contributed by atoms with van der Waals surface area (Å²) in [6.45, 7) is 2.20. The Hall–Kier alpha value is -4.01. The topological polar surface area (TPSA) is 12.9 Å². The van der Waals surface area contributed by atoms with Crippen molar-refractivity contribution in [2.45, 2.75) is 6.92 Å². The standard InChI is InChI=1S/C32H27NSi/c1-26-25-33-28(23-22-27-14-6-2-7-15-27)24-32(26)34(29-16-8-3-9-17-29,30-18-10-4-11-19-30)31-20-12-5-13-21-31/h2-25H,1H3. The van der Waals surface area contributed by atoms with Crippen molar-refractivity contribution >= 4 is 41.0 Å². The van der Waals surface area contributed by atoms with Gasteiger partial charge in [-0.25, -0.2) is 0 Å². The lowest BCUT2D eigenvalue weighted by Crippen LogP contribution is -2.75. The first-order valence-electron chi connectivity index (χ1n) is 11.7. The Morgan fingerprint density at radius 1 is 0.559 bits per heavy atom. The van der Waals surface area contributed by atoms with E-state index in [9.17, 15) is 0 Å². The number of rotatable bonds is 6. The van der Waals surface area contributed by atoms with E-state index in [-0.39, 0.29) is 0 Å². The molecule has 1 aromatic heterocycles. The summed E-state index contributed by atoms with van der Waals surface area (Å²) in [6, 6.07) is 45.8. The third-order valence-corrected chi connectivity index (χ3v) is 11.3. The quantitative estimate of drug-likeness (QED) is 0.262. The summed E-state index contributed by atoms with van der Waals surface area (Å²) in [4.78, 5) is 4.78. The average molecular weight is 454 g/mol. The molecule has 0 atom stereocenters. The molecule has 0 bridgehead atoms. The van der Waals surface area contributed by atoms with Gasteiger partial charge in [0, 0.05) is 6.20 Å². The van der Waals surface area contributed by atoms with Gasteiger partial charge in [0.15, 0.2) is 8.07 Å². The van der Waals surface area contributed by atoms with E-state index in [2.05, 4.69) is 140 Å². The molecule has 0 saturated carbocycles. The van der Waals surface area contributed by atoms with Gasteiger partial charge in [0.1, 0.15) is 0 Å². The maximum Gasteiger partial charge on any atom is 0.180 e. The number of nitrogens with zero attached hydrogens (tertiary/aromatic N) is 1. The molecule has 0 unspecified atom stereocenters. The van der Waals surface area contributed by atoms with Crippen LogP contribution in [0, 0.1) is 6.92 Å². The first-order valence-corrected chi connectivity index (χ1v) is 13.7. The highest BCUT2D eigenvalue weighted by molar-refractivity contribution is 7.20. The van der Waals surface area contributed by atoms with Crippen molar-refractivity contribution in [3.63, 3.8) is 0 Å². The van der Waals surface area contributed by atoms with E-state index in [1.165, 1.54) is 31.9 Å². The van der Waals surface area contributed by atoms with E-state index < -0.39 is 8.07 Å². The van der Waals surface area contributed by atoms with Crippen LogP contribution < -0.4 is 20.7 Å². The summed E-state index contributed by atoms with van der Waals surface area (Å²) in [7, 11) is -2.56. The summed E-state index contributed by atoms with van der Waals surface area (Å²) in [6.07, 6.45) is 6.30. The van der Waals surface area contributed by atoms with Crippen LogP contribution in [-0.4, -0.2) is 13.1 Å². The Labute approximate surface area is 203 Å². The maximum absolute atomic E-state index is 4.78. The number of hydrogen-bond acceptors (Lipinski definition) is 1. The number of benzene rings is 4. The van der Waals surface area contributed by atoms with E-state index >= 15 is 0 Å². The molecule has 0 amide bonds. The fourth-order valence-corrected chi connectivity index (χ4v) is 9.84. The van der Waals surface area contributed by atoms with Crippen LogP contribution in [0.25, 0.3) is 12.2 Å². The van der Waals surface area contributed by atoms with Gasteiger partial charge in [-0.1, -0.05) is 127 Å². The molecule has 34 heavy (non-hydrogen) atoms. The Balaban J connectivity index is 1.79. The molecule has 4 aromatic carbocycles. The van der Waals surface area contributed by atoms with E-state index in [4.69, 9.17) is 4.98 Å². The van der Waals surface area contributed by atoms with Crippen LogP contribution in [0.5, 0.6) is 0 Å². The monoisotopic (exact) mass is 453 g/mol. The van der Waals surface area contributed by atoms with Gasteiger partial charge < -0.3 is 0 Å². The first-order chi connectivity index (χ1) is 16.8. The Morgan fingerprint density at radius 3 is 1.47 bits per heavy atom. The third-order valence-electron chi connectivity index (χ3n) is 6.39. The van der Waals surface area contributed by atoms with Gasteiger partial charge in [-0.2, -0.15) is 0 Å². The summed E-state index contributed by atoms with van der Waals surface area (Å²) >= 11 is 0. The van der Waals surface area contributed by atoms with Gasteiger partial charge in [0.05, 0.1) is 5.69 Å². The highest BCUT2D eigenvalue weighted by atomic mass is 28.3. The summed E-state index contributed by atoms with van der Waals surface area (Å²) in [5.74, 6) is 0. The van der Waals surface area contributed by atoms with Gasteiger partial charge in [-0.15, -0.1) is 0 Å². The van der Waals surface area contributed by atoms with Crippen LogP contribution in [0.1, 0.15) is 16.8 Å². The zero-order chi connectivity index (χ0) is 23.2. The molecule has 0 saturated heterocycles. The predicted octanol–water partition coefficient (Wildman–Crippen LogP) is 4.94. The first kappa shape index (κ1) is 21.8. The lowest BCUT2D eigenvalue weighted by molar-refractivity contribution is 1.26. The Morgan fingerprint density at radius 2 is 1.00 bits per heavy atom. The zero-order valence-electron chi connectivity index (χ0n) is 19.3. The number of pyridine rings is 1. The largest absolute Gasteiger partial charge is 0.257 e. The van der Waals surface area contributed by atoms with Gasteiger partial charge in [0.2, 0.25) is 0 Å². The van der Waals surface area contributed by atoms with Crippen molar-refractivity contribution in [2.75, 3.05) is 0 Å². The maximum atomic E-state index is 4.78. The Bertz CT molecular complexity index is 1280. The van der Waals surface area contributed by atoms with Crippen molar-refractivity contribution in [1.29, 1.82) is 0 Å². The average Bonchev–Trinajstić information content (AvgIpc) is 2.92. The molecule has 0 aliphatic carbocycles. The molecule has 1 heterocycles. The van der Waals surface area contributed by atoms with Crippen molar-refractivity contribution in [2.24, 2.45) is 0 Å². The highest BCUT2D eigenvalue weighted by Gasteiger charge is 2.42.